The van der Waals surface area contributed by atoms with Gasteiger partial charge in [-0.25, -0.2) is 5.43 Å². The molecule has 0 aliphatic carbocycles. The van der Waals surface area contributed by atoms with Crippen LogP contribution in [0.1, 0.15) is 16.1 Å². The minimum atomic E-state index is -0.345. The third-order valence-corrected chi connectivity index (χ3v) is 4.45. The number of fused-ring (bicyclic) bond motifs is 1. The molecule has 1 N–H and O–H groups in total. The first kappa shape index (κ1) is 17.4. The summed E-state index contributed by atoms with van der Waals surface area (Å²) in [5.74, 6) is 2.11. The molecule has 27 heavy (non-hydrogen) atoms. The maximum absolute atomic E-state index is 12.2. The molecule has 2 aromatic carbocycles. The minimum absolute atomic E-state index is 0.345. The standard InChI is InChI=1S/C20H15BrN2O4/c21-15-4-1-13(2-5-15)17-8-6-16(27-17)12-22-23-20(24)14-3-7-18-19(11-14)26-10-9-25-18/h1-8,11-12H,9-10H2,(H,23,24)/b22-12-. The lowest BCUT2D eigenvalue weighted by Crippen LogP contribution is -2.19. The van der Waals surface area contributed by atoms with E-state index in [-0.39, 0.29) is 5.91 Å². The Morgan fingerprint density at radius 1 is 1.00 bits per heavy atom. The van der Waals surface area contributed by atoms with Crippen molar-refractivity contribution < 1.29 is 18.7 Å². The summed E-state index contributed by atoms with van der Waals surface area (Å²) in [5, 5.41) is 3.95. The highest BCUT2D eigenvalue weighted by molar-refractivity contribution is 9.10. The van der Waals surface area contributed by atoms with Gasteiger partial charge in [0.05, 0.1) is 6.21 Å². The van der Waals surface area contributed by atoms with E-state index in [0.29, 0.717) is 36.0 Å². The average Bonchev–Trinajstić information content (AvgIpc) is 3.17. The van der Waals surface area contributed by atoms with Crippen LogP contribution in [0.5, 0.6) is 11.5 Å². The van der Waals surface area contributed by atoms with Crippen LogP contribution in [0.4, 0.5) is 0 Å². The van der Waals surface area contributed by atoms with Crippen LogP contribution in [-0.4, -0.2) is 25.3 Å². The molecule has 0 radical (unpaired) electrons. The fraction of sp³-hybridized carbons (Fsp3) is 0.100. The number of rotatable bonds is 4. The lowest BCUT2D eigenvalue weighted by molar-refractivity contribution is 0.0954. The predicted molar refractivity (Wildman–Crippen MR) is 104 cm³/mol. The monoisotopic (exact) mass is 426 g/mol. The summed E-state index contributed by atoms with van der Waals surface area (Å²) in [6, 6.07) is 16.4. The number of halogens is 1. The van der Waals surface area contributed by atoms with Crippen LogP contribution in [0.25, 0.3) is 11.3 Å². The summed E-state index contributed by atoms with van der Waals surface area (Å²) in [4.78, 5) is 12.2. The molecule has 1 aliphatic heterocycles. The van der Waals surface area contributed by atoms with Crippen LogP contribution in [-0.2, 0) is 0 Å². The van der Waals surface area contributed by atoms with E-state index in [1.807, 2.05) is 30.3 Å². The van der Waals surface area contributed by atoms with Crippen molar-refractivity contribution in [1.29, 1.82) is 0 Å². The number of hydrazone groups is 1. The van der Waals surface area contributed by atoms with Crippen molar-refractivity contribution in [3.63, 3.8) is 0 Å². The van der Waals surface area contributed by atoms with Gasteiger partial charge in [-0.2, -0.15) is 5.10 Å². The van der Waals surface area contributed by atoms with Gasteiger partial charge >= 0.3 is 0 Å². The maximum Gasteiger partial charge on any atom is 0.271 e. The summed E-state index contributed by atoms with van der Waals surface area (Å²) in [7, 11) is 0. The summed E-state index contributed by atoms with van der Waals surface area (Å²) in [6.45, 7) is 0.976. The van der Waals surface area contributed by atoms with Gasteiger partial charge in [-0.05, 0) is 42.5 Å². The Bertz CT molecular complexity index is 995. The molecule has 0 fully saturated rings. The first-order valence-electron chi connectivity index (χ1n) is 8.28. The number of carbonyl (C=O) groups is 1. The quantitative estimate of drug-likeness (QED) is 0.499. The molecule has 0 saturated heterocycles. The number of hydrogen-bond acceptors (Lipinski definition) is 5. The van der Waals surface area contributed by atoms with Gasteiger partial charge in [0, 0.05) is 15.6 Å². The van der Waals surface area contributed by atoms with Gasteiger partial charge in [0.1, 0.15) is 24.7 Å². The third-order valence-electron chi connectivity index (χ3n) is 3.92. The highest BCUT2D eigenvalue weighted by Gasteiger charge is 2.14. The van der Waals surface area contributed by atoms with Gasteiger partial charge in [-0.15, -0.1) is 0 Å². The topological polar surface area (TPSA) is 73.1 Å². The second-order valence-electron chi connectivity index (χ2n) is 5.77. The van der Waals surface area contributed by atoms with Crippen molar-refractivity contribution in [2.24, 2.45) is 5.10 Å². The molecule has 0 atom stereocenters. The summed E-state index contributed by atoms with van der Waals surface area (Å²) in [6.07, 6.45) is 1.46. The summed E-state index contributed by atoms with van der Waals surface area (Å²) < 4.78 is 17.6. The Kier molecular flexibility index (Phi) is 4.93. The van der Waals surface area contributed by atoms with E-state index < -0.39 is 0 Å². The molecule has 0 bridgehead atoms. The highest BCUT2D eigenvalue weighted by Crippen LogP contribution is 2.30. The maximum atomic E-state index is 12.2. The molecule has 7 heteroatoms. The number of ether oxygens (including phenoxy) is 2. The number of carbonyl (C=O) groups excluding carboxylic acids is 1. The van der Waals surface area contributed by atoms with Crippen LogP contribution in [0, 0.1) is 0 Å². The lowest BCUT2D eigenvalue weighted by Gasteiger charge is -2.18. The second-order valence-corrected chi connectivity index (χ2v) is 6.68. The van der Waals surface area contributed by atoms with E-state index in [0.717, 1.165) is 15.8 Å². The van der Waals surface area contributed by atoms with Gasteiger partial charge in [-0.1, -0.05) is 28.1 Å². The zero-order chi connectivity index (χ0) is 18.6. The molecular formula is C20H15BrN2O4. The summed E-state index contributed by atoms with van der Waals surface area (Å²) in [5.41, 5.74) is 3.87. The number of furan rings is 1. The molecule has 0 saturated carbocycles. The van der Waals surface area contributed by atoms with Gasteiger partial charge < -0.3 is 13.9 Å². The number of hydrogen-bond donors (Lipinski definition) is 1. The van der Waals surface area contributed by atoms with Crippen LogP contribution in [0.3, 0.4) is 0 Å². The van der Waals surface area contributed by atoms with Crippen molar-refractivity contribution >= 4 is 28.1 Å². The Balaban J connectivity index is 1.40. The van der Waals surface area contributed by atoms with E-state index >= 15 is 0 Å². The molecule has 3 aromatic rings. The lowest BCUT2D eigenvalue weighted by atomic mass is 10.2. The number of nitrogens with one attached hydrogen (secondary N) is 1. The number of nitrogens with zero attached hydrogens (tertiary/aromatic N) is 1. The SMILES string of the molecule is O=C(N/N=C\c1ccc(-c2ccc(Br)cc2)o1)c1ccc2c(c1)OCCO2. The molecule has 1 aromatic heterocycles. The van der Waals surface area contributed by atoms with E-state index in [2.05, 4.69) is 26.5 Å². The Morgan fingerprint density at radius 2 is 1.78 bits per heavy atom. The van der Waals surface area contributed by atoms with E-state index in [9.17, 15) is 4.79 Å². The molecule has 0 spiro atoms. The van der Waals surface area contributed by atoms with Crippen molar-refractivity contribution in [2.45, 2.75) is 0 Å². The summed E-state index contributed by atoms with van der Waals surface area (Å²) >= 11 is 3.40. The van der Waals surface area contributed by atoms with Gasteiger partial charge in [0.2, 0.25) is 0 Å². The average molecular weight is 427 g/mol. The Morgan fingerprint density at radius 3 is 2.59 bits per heavy atom. The van der Waals surface area contributed by atoms with Gasteiger partial charge in [0.15, 0.2) is 11.5 Å². The molecule has 136 valence electrons. The molecule has 2 heterocycles. The fourth-order valence-corrected chi connectivity index (χ4v) is 2.86. The van der Waals surface area contributed by atoms with E-state index in [4.69, 9.17) is 13.9 Å². The number of benzene rings is 2. The molecule has 1 aliphatic rings. The van der Waals surface area contributed by atoms with E-state index in [1.165, 1.54) is 6.21 Å². The van der Waals surface area contributed by atoms with Gasteiger partial charge in [0.25, 0.3) is 5.91 Å². The zero-order valence-corrected chi connectivity index (χ0v) is 15.7. The zero-order valence-electron chi connectivity index (χ0n) is 14.1. The van der Waals surface area contributed by atoms with Crippen molar-refractivity contribution in [3.05, 3.63) is 70.4 Å². The molecule has 0 unspecified atom stereocenters. The molecule has 4 rings (SSSR count). The van der Waals surface area contributed by atoms with Crippen molar-refractivity contribution in [3.8, 4) is 22.8 Å². The van der Waals surface area contributed by atoms with Gasteiger partial charge in [-0.3, -0.25) is 4.79 Å². The molecular weight excluding hydrogens is 412 g/mol. The smallest absolute Gasteiger partial charge is 0.271 e. The third kappa shape index (κ3) is 4.03. The first-order chi connectivity index (χ1) is 13.2. The van der Waals surface area contributed by atoms with Crippen LogP contribution >= 0.6 is 15.9 Å². The Hall–Kier alpha value is -3.06. The van der Waals surface area contributed by atoms with Crippen LogP contribution < -0.4 is 14.9 Å². The van der Waals surface area contributed by atoms with E-state index in [1.54, 1.807) is 24.3 Å². The van der Waals surface area contributed by atoms with Crippen molar-refractivity contribution in [2.75, 3.05) is 13.2 Å². The number of amides is 1. The van der Waals surface area contributed by atoms with Crippen LogP contribution in [0.2, 0.25) is 0 Å². The van der Waals surface area contributed by atoms with Crippen molar-refractivity contribution in [1.82, 2.24) is 5.43 Å². The molecule has 1 amide bonds. The second kappa shape index (κ2) is 7.67. The van der Waals surface area contributed by atoms with Crippen LogP contribution in [0.15, 0.2) is 68.6 Å². The first-order valence-corrected chi connectivity index (χ1v) is 9.07. The highest BCUT2D eigenvalue weighted by atomic mass is 79.9. The predicted octanol–water partition coefficient (Wildman–Crippen LogP) is 4.24. The fourth-order valence-electron chi connectivity index (χ4n) is 2.60. The molecule has 6 nitrogen and oxygen atoms in total. The minimum Gasteiger partial charge on any atom is -0.486 e. The largest absolute Gasteiger partial charge is 0.486 e. The normalized spacial score (nSPS) is 12.9. The Labute approximate surface area is 163 Å².